The highest BCUT2D eigenvalue weighted by Crippen LogP contribution is 2.34. The average Bonchev–Trinajstić information content (AvgIpc) is 3.06. The summed E-state index contributed by atoms with van der Waals surface area (Å²) in [7, 11) is 0. The summed E-state index contributed by atoms with van der Waals surface area (Å²) in [4.78, 5) is 8.22. The van der Waals surface area contributed by atoms with Crippen molar-refractivity contribution < 1.29 is 10.2 Å². The van der Waals surface area contributed by atoms with Gasteiger partial charge in [-0.05, 0) is 82.3 Å². The first-order valence-corrected chi connectivity index (χ1v) is 17.2. The Balaban J connectivity index is 1.34. The van der Waals surface area contributed by atoms with Gasteiger partial charge >= 0.3 is 0 Å². The number of pyridine rings is 2. The first-order valence-electron chi connectivity index (χ1n) is 17.2. The molecule has 0 saturated heterocycles. The molecule has 6 nitrogen and oxygen atoms in total. The summed E-state index contributed by atoms with van der Waals surface area (Å²) < 4.78 is 0. The molecule has 48 heavy (non-hydrogen) atoms. The molecule has 4 N–H and O–H groups in total. The van der Waals surface area contributed by atoms with E-state index in [0.717, 1.165) is 46.2 Å². The van der Waals surface area contributed by atoms with Crippen molar-refractivity contribution in [2.24, 2.45) is 0 Å². The van der Waals surface area contributed by atoms with Crippen LogP contribution >= 0.6 is 0 Å². The largest absolute Gasteiger partial charge is 0.507 e. The highest BCUT2D eigenvalue weighted by Gasteiger charge is 2.26. The molecule has 6 heteroatoms. The first-order chi connectivity index (χ1) is 22.9. The van der Waals surface area contributed by atoms with Crippen molar-refractivity contribution in [2.45, 2.75) is 103 Å². The second kappa shape index (κ2) is 15.3. The third kappa shape index (κ3) is 9.21. The molecule has 5 rings (SSSR count). The minimum absolute atomic E-state index is 0.0629. The maximum atomic E-state index is 11.4. The third-order valence-electron chi connectivity index (χ3n) is 9.37. The zero-order valence-corrected chi connectivity index (χ0v) is 29.4. The molecule has 1 fully saturated rings. The molecule has 2 heterocycles. The SMILES string of the molecule is CC(C)(C)c1cc(/C=C\c2ccncc2)c(O)c(CN[C@@H]2CCCC[C@H]2NCc2cc(C(C)(C)C)cc(/C=C/c3ccncc3)c2O)c1. The van der Waals surface area contributed by atoms with Crippen LogP contribution in [0.25, 0.3) is 24.3 Å². The second-order valence-electron chi connectivity index (χ2n) is 15.1. The predicted molar refractivity (Wildman–Crippen MR) is 200 cm³/mol. The van der Waals surface area contributed by atoms with E-state index < -0.39 is 0 Å². The van der Waals surface area contributed by atoms with Gasteiger partial charge in [0.25, 0.3) is 0 Å². The van der Waals surface area contributed by atoms with Gasteiger partial charge in [-0.1, -0.05) is 90.8 Å². The number of benzene rings is 2. The normalized spacial score (nSPS) is 17.4. The van der Waals surface area contributed by atoms with Crippen LogP contribution in [0, 0.1) is 0 Å². The van der Waals surface area contributed by atoms with Crippen LogP contribution in [-0.2, 0) is 23.9 Å². The summed E-state index contributed by atoms with van der Waals surface area (Å²) >= 11 is 0. The van der Waals surface area contributed by atoms with Crippen LogP contribution in [0.1, 0.15) is 112 Å². The monoisotopic (exact) mass is 644 g/mol. The van der Waals surface area contributed by atoms with E-state index in [4.69, 9.17) is 0 Å². The summed E-state index contributed by atoms with van der Waals surface area (Å²) in [6.45, 7) is 14.4. The topological polar surface area (TPSA) is 90.3 Å². The van der Waals surface area contributed by atoms with Crippen LogP contribution in [-0.4, -0.2) is 32.3 Å². The van der Waals surface area contributed by atoms with Crippen molar-refractivity contribution in [3.05, 3.63) is 118 Å². The fraction of sp³-hybridized carbons (Fsp3) is 0.381. The maximum Gasteiger partial charge on any atom is 0.127 e. The van der Waals surface area contributed by atoms with Crippen LogP contribution in [0.15, 0.2) is 73.3 Å². The van der Waals surface area contributed by atoms with E-state index in [-0.39, 0.29) is 22.9 Å². The van der Waals surface area contributed by atoms with Crippen molar-refractivity contribution in [3.8, 4) is 11.5 Å². The van der Waals surface area contributed by atoms with E-state index in [1.54, 1.807) is 24.8 Å². The molecular weight excluding hydrogens is 592 g/mol. The number of nitrogens with one attached hydrogen (secondary N) is 2. The molecule has 252 valence electrons. The zero-order valence-electron chi connectivity index (χ0n) is 29.4. The second-order valence-corrected chi connectivity index (χ2v) is 15.1. The van der Waals surface area contributed by atoms with Gasteiger partial charge in [-0.15, -0.1) is 0 Å². The Morgan fingerprint density at radius 2 is 0.979 bits per heavy atom. The van der Waals surface area contributed by atoms with Gasteiger partial charge in [-0.25, -0.2) is 0 Å². The number of phenols is 2. The minimum atomic E-state index is -0.0629. The van der Waals surface area contributed by atoms with Crippen molar-refractivity contribution in [2.75, 3.05) is 0 Å². The summed E-state index contributed by atoms with van der Waals surface area (Å²) in [6.07, 6.45) is 19.6. The number of hydrogen-bond donors (Lipinski definition) is 4. The van der Waals surface area contributed by atoms with Crippen molar-refractivity contribution in [1.82, 2.24) is 20.6 Å². The van der Waals surface area contributed by atoms with Crippen LogP contribution in [0.3, 0.4) is 0 Å². The predicted octanol–water partition coefficient (Wildman–Crippen LogP) is 9.01. The van der Waals surface area contributed by atoms with Gasteiger partial charge in [-0.2, -0.15) is 0 Å². The molecular formula is C42H52N4O2. The van der Waals surface area contributed by atoms with E-state index >= 15 is 0 Å². The van der Waals surface area contributed by atoms with Crippen LogP contribution in [0.2, 0.25) is 0 Å². The molecule has 0 unspecified atom stereocenters. The van der Waals surface area contributed by atoms with E-state index in [2.05, 4.69) is 86.4 Å². The molecule has 2 aromatic carbocycles. The van der Waals surface area contributed by atoms with Crippen LogP contribution < -0.4 is 10.6 Å². The molecule has 0 amide bonds. The van der Waals surface area contributed by atoms with Gasteiger partial charge in [0.1, 0.15) is 11.5 Å². The molecule has 1 saturated carbocycles. The molecule has 0 aliphatic heterocycles. The molecule has 2 aromatic heterocycles. The van der Waals surface area contributed by atoms with Gasteiger partial charge < -0.3 is 20.8 Å². The van der Waals surface area contributed by atoms with Crippen LogP contribution in [0.5, 0.6) is 11.5 Å². The van der Waals surface area contributed by atoms with E-state index in [1.165, 1.54) is 24.0 Å². The highest BCUT2D eigenvalue weighted by atomic mass is 16.3. The number of nitrogens with zero attached hydrogens (tertiary/aromatic N) is 2. The number of phenolic OH excluding ortho intramolecular Hbond substituents is 2. The molecule has 0 spiro atoms. The fourth-order valence-corrected chi connectivity index (χ4v) is 6.25. The Bertz CT molecular complexity index is 1590. The molecule has 1 aliphatic carbocycles. The minimum Gasteiger partial charge on any atom is -0.507 e. The van der Waals surface area contributed by atoms with Gasteiger partial charge in [0.15, 0.2) is 0 Å². The summed E-state index contributed by atoms with van der Waals surface area (Å²) in [5.74, 6) is 0.634. The summed E-state index contributed by atoms with van der Waals surface area (Å²) in [5.41, 5.74) is 7.77. The lowest BCUT2D eigenvalue weighted by Crippen LogP contribution is -2.49. The van der Waals surface area contributed by atoms with Crippen molar-refractivity contribution in [1.29, 1.82) is 0 Å². The van der Waals surface area contributed by atoms with Gasteiger partial charge in [-0.3, -0.25) is 9.97 Å². The van der Waals surface area contributed by atoms with Gasteiger partial charge in [0.2, 0.25) is 0 Å². The quantitative estimate of drug-likeness (QED) is 0.138. The zero-order chi connectivity index (χ0) is 34.3. The van der Waals surface area contributed by atoms with Crippen molar-refractivity contribution >= 4 is 24.3 Å². The Kier molecular flexibility index (Phi) is 11.2. The van der Waals surface area contributed by atoms with Crippen molar-refractivity contribution in [3.63, 3.8) is 0 Å². The molecule has 4 aromatic rings. The Morgan fingerprint density at radius 3 is 1.33 bits per heavy atom. The lowest BCUT2D eigenvalue weighted by molar-refractivity contribution is 0.279. The lowest BCUT2D eigenvalue weighted by Gasteiger charge is -2.34. The van der Waals surface area contributed by atoms with E-state index in [0.29, 0.717) is 24.6 Å². The summed E-state index contributed by atoms with van der Waals surface area (Å²) in [5, 5.41) is 30.4. The maximum absolute atomic E-state index is 11.4. The van der Waals surface area contributed by atoms with Gasteiger partial charge in [0, 0.05) is 72.2 Å². The molecule has 0 bridgehead atoms. The fourth-order valence-electron chi connectivity index (χ4n) is 6.25. The Morgan fingerprint density at radius 1 is 0.604 bits per heavy atom. The van der Waals surface area contributed by atoms with Gasteiger partial charge in [0.05, 0.1) is 0 Å². The number of aromatic hydroxyl groups is 2. The summed E-state index contributed by atoms with van der Waals surface area (Å²) in [6, 6.07) is 16.8. The number of rotatable bonds is 10. The standard InChI is InChI=1S/C42H52N4O2/c1-41(2,3)35-23-31(13-11-29-15-19-43-20-16-29)39(47)33(25-35)27-45-37-9-7-8-10-38(37)46-28-34-26-36(42(4,5)6)24-32(40(34)48)14-12-30-17-21-44-22-18-30/h11-26,37-38,45-48H,7-10,27-28H2,1-6H3/b13-11-,14-12+/t37-,38-/m1/s1. The number of hydrogen-bond acceptors (Lipinski definition) is 6. The average molecular weight is 645 g/mol. The third-order valence-corrected chi connectivity index (χ3v) is 9.37. The smallest absolute Gasteiger partial charge is 0.127 e. The molecule has 1 aliphatic rings. The Hall–Kier alpha value is -4.26. The first kappa shape index (κ1) is 35.1. The number of aromatic nitrogens is 2. The molecule has 2 atom stereocenters. The van der Waals surface area contributed by atoms with E-state index in [1.807, 2.05) is 48.6 Å². The lowest BCUT2D eigenvalue weighted by atomic mass is 9.84. The van der Waals surface area contributed by atoms with E-state index in [9.17, 15) is 10.2 Å². The Labute approximate surface area is 287 Å². The molecule has 0 radical (unpaired) electrons. The van der Waals surface area contributed by atoms with Crippen LogP contribution in [0.4, 0.5) is 0 Å². The highest BCUT2D eigenvalue weighted by molar-refractivity contribution is 5.74.